The van der Waals surface area contributed by atoms with Gasteiger partial charge in [0.15, 0.2) is 0 Å². The van der Waals surface area contributed by atoms with E-state index in [4.69, 9.17) is 4.74 Å². The standard InChI is InChI=1S/C17H25N3O3/c1-23-15-5-2-12(10-18-15)11-20-8-6-13(7-9-20)16(21)17(22)19-14-3-4-14/h2,5,10,13-14,16,21H,3-4,6-9,11H2,1H3,(H,19,22)/t16-/m0/s1. The van der Waals surface area contributed by atoms with Crippen molar-refractivity contribution in [2.45, 2.75) is 44.4 Å². The number of ether oxygens (including phenoxy) is 1. The lowest BCUT2D eigenvalue weighted by molar-refractivity contribution is -0.133. The van der Waals surface area contributed by atoms with E-state index in [9.17, 15) is 9.90 Å². The van der Waals surface area contributed by atoms with Crippen LogP contribution in [0, 0.1) is 5.92 Å². The zero-order valence-corrected chi connectivity index (χ0v) is 13.6. The Morgan fingerprint density at radius 1 is 1.39 bits per heavy atom. The van der Waals surface area contributed by atoms with E-state index in [1.165, 1.54) is 0 Å². The van der Waals surface area contributed by atoms with E-state index in [0.717, 1.165) is 50.9 Å². The highest BCUT2D eigenvalue weighted by atomic mass is 16.5. The number of nitrogens with one attached hydrogen (secondary N) is 1. The fourth-order valence-corrected chi connectivity index (χ4v) is 3.04. The molecule has 2 heterocycles. The zero-order valence-electron chi connectivity index (χ0n) is 13.6. The number of pyridine rings is 1. The summed E-state index contributed by atoms with van der Waals surface area (Å²) in [5.41, 5.74) is 1.15. The van der Waals surface area contributed by atoms with Gasteiger partial charge < -0.3 is 15.2 Å². The number of nitrogens with zero attached hydrogens (tertiary/aromatic N) is 2. The van der Waals surface area contributed by atoms with Crippen LogP contribution in [0.15, 0.2) is 18.3 Å². The number of aromatic nitrogens is 1. The van der Waals surface area contributed by atoms with Crippen LogP contribution in [0.2, 0.25) is 0 Å². The maximum atomic E-state index is 11.9. The molecule has 0 radical (unpaired) electrons. The highest BCUT2D eigenvalue weighted by Crippen LogP contribution is 2.24. The van der Waals surface area contributed by atoms with Gasteiger partial charge in [-0.05, 0) is 50.3 Å². The maximum Gasteiger partial charge on any atom is 0.249 e. The molecule has 1 aromatic rings. The summed E-state index contributed by atoms with van der Waals surface area (Å²) >= 11 is 0. The summed E-state index contributed by atoms with van der Waals surface area (Å²) in [5.74, 6) is 0.501. The first-order chi connectivity index (χ1) is 11.2. The quantitative estimate of drug-likeness (QED) is 0.816. The molecule has 0 bridgehead atoms. The topological polar surface area (TPSA) is 74.7 Å². The minimum absolute atomic E-state index is 0.0685. The number of aliphatic hydroxyl groups excluding tert-OH is 1. The summed E-state index contributed by atoms with van der Waals surface area (Å²) < 4.78 is 5.06. The molecule has 1 amide bonds. The van der Waals surface area contributed by atoms with Gasteiger partial charge in [0, 0.05) is 24.8 Å². The van der Waals surface area contributed by atoms with Crippen molar-refractivity contribution in [2.24, 2.45) is 5.92 Å². The Kier molecular flexibility index (Phi) is 5.13. The van der Waals surface area contributed by atoms with E-state index in [0.29, 0.717) is 11.9 Å². The Morgan fingerprint density at radius 3 is 2.70 bits per heavy atom. The van der Waals surface area contributed by atoms with Crippen LogP contribution in [-0.4, -0.2) is 53.2 Å². The second-order valence-electron chi connectivity index (χ2n) is 6.55. The Morgan fingerprint density at radius 2 is 2.13 bits per heavy atom. The number of carbonyl (C=O) groups excluding carboxylic acids is 1. The van der Waals surface area contributed by atoms with Crippen LogP contribution >= 0.6 is 0 Å². The molecule has 0 spiro atoms. The number of aliphatic hydroxyl groups is 1. The van der Waals surface area contributed by atoms with Crippen LogP contribution in [0.3, 0.4) is 0 Å². The van der Waals surface area contributed by atoms with Crippen molar-refractivity contribution in [1.29, 1.82) is 0 Å². The number of likely N-dealkylation sites (tertiary alicyclic amines) is 1. The molecule has 0 aromatic carbocycles. The van der Waals surface area contributed by atoms with Gasteiger partial charge in [-0.1, -0.05) is 6.07 Å². The number of amides is 1. The SMILES string of the molecule is COc1ccc(CN2CCC([C@H](O)C(=O)NC3CC3)CC2)cn1. The van der Waals surface area contributed by atoms with Gasteiger partial charge in [-0.2, -0.15) is 0 Å². The molecule has 1 saturated carbocycles. The van der Waals surface area contributed by atoms with Crippen LogP contribution < -0.4 is 10.1 Å². The van der Waals surface area contributed by atoms with Crippen molar-refractivity contribution in [1.82, 2.24) is 15.2 Å². The number of carbonyl (C=O) groups is 1. The van der Waals surface area contributed by atoms with E-state index in [2.05, 4.69) is 15.2 Å². The van der Waals surface area contributed by atoms with Crippen LogP contribution in [0.4, 0.5) is 0 Å². The third-order valence-corrected chi connectivity index (χ3v) is 4.68. The summed E-state index contributed by atoms with van der Waals surface area (Å²) in [6, 6.07) is 4.20. The van der Waals surface area contributed by atoms with E-state index < -0.39 is 6.10 Å². The first kappa shape index (κ1) is 16.2. The van der Waals surface area contributed by atoms with E-state index in [1.54, 1.807) is 7.11 Å². The predicted octanol–water partition coefficient (Wildman–Crippen LogP) is 0.942. The van der Waals surface area contributed by atoms with Crippen molar-refractivity contribution >= 4 is 5.91 Å². The molecule has 1 aliphatic heterocycles. The molecule has 126 valence electrons. The summed E-state index contributed by atoms with van der Waals surface area (Å²) in [6.45, 7) is 2.63. The molecule has 6 nitrogen and oxygen atoms in total. The lowest BCUT2D eigenvalue weighted by Crippen LogP contribution is -2.44. The first-order valence-corrected chi connectivity index (χ1v) is 8.35. The fraction of sp³-hybridized carbons (Fsp3) is 0.647. The average Bonchev–Trinajstić information content (AvgIpc) is 3.39. The monoisotopic (exact) mass is 319 g/mol. The van der Waals surface area contributed by atoms with Gasteiger partial charge >= 0.3 is 0 Å². The second-order valence-corrected chi connectivity index (χ2v) is 6.55. The predicted molar refractivity (Wildman–Crippen MR) is 86.0 cm³/mol. The number of hydrogen-bond acceptors (Lipinski definition) is 5. The van der Waals surface area contributed by atoms with Gasteiger partial charge in [-0.15, -0.1) is 0 Å². The molecule has 6 heteroatoms. The lowest BCUT2D eigenvalue weighted by Gasteiger charge is -2.33. The van der Waals surface area contributed by atoms with Crippen molar-refractivity contribution in [2.75, 3.05) is 20.2 Å². The van der Waals surface area contributed by atoms with E-state index >= 15 is 0 Å². The molecule has 1 aromatic heterocycles. The van der Waals surface area contributed by atoms with Gasteiger partial charge in [-0.3, -0.25) is 9.69 Å². The van der Waals surface area contributed by atoms with Crippen LogP contribution in [0.5, 0.6) is 5.88 Å². The fourth-order valence-electron chi connectivity index (χ4n) is 3.04. The highest BCUT2D eigenvalue weighted by molar-refractivity contribution is 5.81. The number of methoxy groups -OCH3 is 1. The minimum atomic E-state index is -0.861. The van der Waals surface area contributed by atoms with Crippen molar-refractivity contribution in [3.05, 3.63) is 23.9 Å². The van der Waals surface area contributed by atoms with Gasteiger partial charge in [0.1, 0.15) is 6.10 Å². The Labute approximate surface area is 136 Å². The van der Waals surface area contributed by atoms with Crippen LogP contribution in [0.25, 0.3) is 0 Å². The third kappa shape index (κ3) is 4.42. The van der Waals surface area contributed by atoms with E-state index in [1.807, 2.05) is 18.3 Å². The van der Waals surface area contributed by atoms with Crippen molar-refractivity contribution < 1.29 is 14.6 Å². The van der Waals surface area contributed by atoms with Gasteiger partial charge in [-0.25, -0.2) is 4.98 Å². The molecule has 0 unspecified atom stereocenters. The van der Waals surface area contributed by atoms with Crippen LogP contribution in [-0.2, 0) is 11.3 Å². The highest BCUT2D eigenvalue weighted by Gasteiger charge is 2.32. The maximum absolute atomic E-state index is 11.9. The number of hydrogen-bond donors (Lipinski definition) is 2. The molecular formula is C17H25N3O3. The molecule has 1 saturated heterocycles. The largest absolute Gasteiger partial charge is 0.481 e. The van der Waals surface area contributed by atoms with E-state index in [-0.39, 0.29) is 11.8 Å². The summed E-state index contributed by atoms with van der Waals surface area (Å²) in [7, 11) is 1.61. The molecular weight excluding hydrogens is 294 g/mol. The Hall–Kier alpha value is -1.66. The lowest BCUT2D eigenvalue weighted by atomic mass is 9.90. The molecule has 3 rings (SSSR count). The van der Waals surface area contributed by atoms with Gasteiger partial charge in [0.05, 0.1) is 7.11 Å². The first-order valence-electron chi connectivity index (χ1n) is 8.35. The summed E-state index contributed by atoms with van der Waals surface area (Å²) in [5, 5.41) is 13.1. The second kappa shape index (κ2) is 7.27. The molecule has 2 N–H and O–H groups in total. The molecule has 2 aliphatic rings. The zero-order chi connectivity index (χ0) is 16.2. The summed E-state index contributed by atoms with van der Waals surface area (Å²) in [6.07, 6.45) is 4.77. The summed E-state index contributed by atoms with van der Waals surface area (Å²) in [4.78, 5) is 18.5. The molecule has 23 heavy (non-hydrogen) atoms. The third-order valence-electron chi connectivity index (χ3n) is 4.68. The van der Waals surface area contributed by atoms with Crippen molar-refractivity contribution in [3.63, 3.8) is 0 Å². The number of rotatable bonds is 6. The van der Waals surface area contributed by atoms with Gasteiger partial charge in [0.25, 0.3) is 0 Å². The normalized spacial score (nSPS) is 21.0. The minimum Gasteiger partial charge on any atom is -0.481 e. The molecule has 1 atom stereocenters. The Balaban J connectivity index is 1.44. The van der Waals surface area contributed by atoms with Crippen LogP contribution in [0.1, 0.15) is 31.2 Å². The molecule has 1 aliphatic carbocycles. The van der Waals surface area contributed by atoms with Crippen molar-refractivity contribution in [3.8, 4) is 5.88 Å². The smallest absolute Gasteiger partial charge is 0.249 e. The Bertz CT molecular complexity index is 522. The number of piperidine rings is 1. The van der Waals surface area contributed by atoms with Gasteiger partial charge in [0.2, 0.25) is 11.8 Å². The molecule has 2 fully saturated rings. The average molecular weight is 319 g/mol.